The lowest BCUT2D eigenvalue weighted by molar-refractivity contribution is 0.342. The maximum Gasteiger partial charge on any atom is 0.225 e. The summed E-state index contributed by atoms with van der Waals surface area (Å²) >= 11 is 14.8. The van der Waals surface area contributed by atoms with E-state index in [0.29, 0.717) is 14.6 Å². The molecule has 2 saturated heterocycles. The van der Waals surface area contributed by atoms with Gasteiger partial charge in [-0.2, -0.15) is 0 Å². The molecule has 4 aliphatic rings. The summed E-state index contributed by atoms with van der Waals surface area (Å²) < 4.78 is 45.4. The Morgan fingerprint density at radius 1 is 0.661 bits per heavy atom. The molecule has 0 amide bonds. The van der Waals surface area contributed by atoms with Crippen molar-refractivity contribution in [2.24, 2.45) is 41.2 Å². The Balaban J connectivity index is 0.000000166. The number of rotatable bonds is 12. The summed E-state index contributed by atoms with van der Waals surface area (Å²) in [7, 11) is -6.30. The molecule has 4 atom stereocenters. The van der Waals surface area contributed by atoms with Gasteiger partial charge in [-0.1, -0.05) is 23.2 Å². The molecular weight excluding hydrogens is 899 g/mol. The van der Waals surface area contributed by atoms with Crippen molar-refractivity contribution in [2.45, 2.75) is 61.2 Å². The second-order valence-electron chi connectivity index (χ2n) is 15.9. The number of sulfone groups is 2. The monoisotopic (exact) mass is 950 g/mol. The first-order chi connectivity index (χ1) is 28.2. The van der Waals surface area contributed by atoms with Crippen molar-refractivity contribution in [2.75, 3.05) is 66.9 Å². The molecular formula is C40H53BrCl2N10O4S2. The highest BCUT2D eigenvalue weighted by molar-refractivity contribution is 9.10. The van der Waals surface area contributed by atoms with Gasteiger partial charge in [0.2, 0.25) is 11.9 Å². The van der Waals surface area contributed by atoms with Gasteiger partial charge in [0, 0.05) is 57.6 Å². The van der Waals surface area contributed by atoms with E-state index in [1.54, 1.807) is 43.0 Å². The van der Waals surface area contributed by atoms with Crippen LogP contribution in [0.3, 0.4) is 0 Å². The van der Waals surface area contributed by atoms with Crippen molar-refractivity contribution < 1.29 is 16.8 Å². The number of nitrogens with two attached hydrogens (primary N) is 1. The third-order valence-corrected chi connectivity index (χ3v) is 14.7. The Kier molecular flexibility index (Phi) is 15.8. The van der Waals surface area contributed by atoms with Crippen LogP contribution in [0.15, 0.2) is 75.8 Å². The molecule has 4 aromatic heterocycles. The Bertz CT molecular complexity index is 2160. The van der Waals surface area contributed by atoms with E-state index in [1.165, 1.54) is 69.7 Å². The van der Waals surface area contributed by atoms with Crippen LogP contribution < -0.4 is 20.9 Å². The molecule has 0 unspecified atom stereocenters. The first kappa shape index (κ1) is 45.3. The number of piperidine rings is 2. The standard InChI is InChI=1S/C20H26ClN5O2S.C14H21ClN4.C6H6BrNO2S/c1-29(27,28)17-2-3-19(23-13-17)22-7-4-15-10-18(15)14-5-8-26(9-6-14)20-24-11-16(21)12-25-20;15-12-8-17-14(18-9-12)19-5-2-10(3-6-19)13-7-11(13)1-4-16;1-11(9,10)5-2-3-6(7)8-4-5/h2-3,11-15,18H,4-10H2,1H3,(H,22,23);8-11,13H,1-7,16H2;2-4H,1H3/t15-,18-;11-,13-;/m11./s1. The smallest absolute Gasteiger partial charge is 0.225 e. The van der Waals surface area contributed by atoms with E-state index < -0.39 is 19.7 Å². The van der Waals surface area contributed by atoms with E-state index in [4.69, 9.17) is 28.9 Å². The number of halogens is 3. The maximum absolute atomic E-state index is 11.5. The van der Waals surface area contributed by atoms with Gasteiger partial charge in [-0.3, -0.25) is 0 Å². The largest absolute Gasteiger partial charge is 0.370 e. The number of hydrogen-bond acceptors (Lipinski definition) is 14. The lowest BCUT2D eigenvalue weighted by Gasteiger charge is -2.32. The van der Waals surface area contributed by atoms with E-state index in [9.17, 15) is 16.8 Å². The van der Waals surface area contributed by atoms with Crippen molar-refractivity contribution in [1.29, 1.82) is 0 Å². The summed E-state index contributed by atoms with van der Waals surface area (Å²) in [6.45, 7) is 5.85. The Morgan fingerprint density at radius 3 is 1.49 bits per heavy atom. The van der Waals surface area contributed by atoms with Crippen LogP contribution in [0.1, 0.15) is 51.4 Å². The third-order valence-electron chi connectivity index (χ3n) is 11.7. The molecule has 0 aromatic carbocycles. The SMILES string of the molecule is CS(=O)(=O)c1ccc(Br)nc1.CS(=O)(=O)c1ccc(NCC[C@@H]2C[C@@H]2C2CCN(c3ncc(Cl)cn3)CC2)nc1.NCC[C@@H]1C[C@@H]1C1CCN(c2ncc(Cl)cn2)CC1. The molecule has 59 heavy (non-hydrogen) atoms. The highest BCUT2D eigenvalue weighted by Gasteiger charge is 2.44. The lowest BCUT2D eigenvalue weighted by Crippen LogP contribution is -2.35. The Hall–Kier alpha value is -3.22. The van der Waals surface area contributed by atoms with Gasteiger partial charge in [0.05, 0.1) is 44.6 Å². The summed E-state index contributed by atoms with van der Waals surface area (Å²) in [5.74, 6) is 7.45. The zero-order valence-corrected chi connectivity index (χ0v) is 38.1. The zero-order chi connectivity index (χ0) is 42.2. The van der Waals surface area contributed by atoms with Gasteiger partial charge in [0.1, 0.15) is 10.4 Å². The molecule has 0 radical (unpaired) electrons. The van der Waals surface area contributed by atoms with E-state index >= 15 is 0 Å². The fraction of sp³-hybridized carbons (Fsp3) is 0.550. The van der Waals surface area contributed by atoms with Crippen molar-refractivity contribution in [1.82, 2.24) is 29.9 Å². The quantitative estimate of drug-likeness (QED) is 0.140. The summed E-state index contributed by atoms with van der Waals surface area (Å²) in [6, 6.07) is 6.43. The number of pyridine rings is 2. The predicted molar refractivity (Wildman–Crippen MR) is 236 cm³/mol. The summed E-state index contributed by atoms with van der Waals surface area (Å²) in [5.41, 5.74) is 5.64. The average Bonchev–Trinajstić information content (AvgIpc) is 4.16. The number of nitrogens with one attached hydrogen (secondary N) is 1. The topological polar surface area (TPSA) is 190 Å². The number of anilines is 3. The first-order valence-corrected chi connectivity index (χ1v) is 25.4. The Morgan fingerprint density at radius 2 is 1.10 bits per heavy atom. The van der Waals surface area contributed by atoms with Crippen LogP contribution in [0.2, 0.25) is 10.0 Å². The fourth-order valence-electron chi connectivity index (χ4n) is 8.24. The first-order valence-electron chi connectivity index (χ1n) is 20.0. The molecule has 8 rings (SSSR count). The van der Waals surface area contributed by atoms with Crippen molar-refractivity contribution in [3.05, 3.63) is 76.1 Å². The average molecular weight is 953 g/mol. The normalized spacial score (nSPS) is 22.1. The number of hydrogen-bond donors (Lipinski definition) is 2. The third kappa shape index (κ3) is 13.6. The fourth-order valence-corrected chi connectivity index (χ4v) is 9.79. The molecule has 2 saturated carbocycles. The predicted octanol–water partition coefficient (Wildman–Crippen LogP) is 6.86. The molecule has 320 valence electrons. The van der Waals surface area contributed by atoms with Crippen LogP contribution >= 0.6 is 39.1 Å². The minimum atomic E-state index is -3.19. The second kappa shape index (κ2) is 20.6. The summed E-state index contributed by atoms with van der Waals surface area (Å²) in [5, 5.41) is 4.48. The van der Waals surface area contributed by atoms with Gasteiger partial charge in [-0.05, 0) is 134 Å². The van der Waals surface area contributed by atoms with E-state index in [1.807, 2.05) is 0 Å². The minimum absolute atomic E-state index is 0.237. The lowest BCUT2D eigenvalue weighted by atomic mass is 9.90. The summed E-state index contributed by atoms with van der Waals surface area (Å²) in [6.07, 6.45) is 21.7. The zero-order valence-electron chi connectivity index (χ0n) is 33.4. The van der Waals surface area contributed by atoms with Crippen LogP contribution in [0.5, 0.6) is 0 Å². The van der Waals surface area contributed by atoms with Crippen molar-refractivity contribution in [3.63, 3.8) is 0 Å². The molecule has 19 heteroatoms. The van der Waals surface area contributed by atoms with Crippen LogP contribution in [0.4, 0.5) is 17.7 Å². The molecule has 0 spiro atoms. The van der Waals surface area contributed by atoms with Gasteiger partial charge < -0.3 is 20.9 Å². The molecule has 3 N–H and O–H groups in total. The molecule has 0 bridgehead atoms. The van der Waals surface area contributed by atoms with Gasteiger partial charge >= 0.3 is 0 Å². The van der Waals surface area contributed by atoms with Crippen LogP contribution in [-0.2, 0) is 19.7 Å². The van der Waals surface area contributed by atoms with Gasteiger partial charge in [-0.25, -0.2) is 46.7 Å². The van der Waals surface area contributed by atoms with Crippen molar-refractivity contribution in [3.8, 4) is 0 Å². The van der Waals surface area contributed by atoms with Gasteiger partial charge in [-0.15, -0.1) is 0 Å². The summed E-state index contributed by atoms with van der Waals surface area (Å²) in [4.78, 5) is 30.2. The molecule has 4 aromatic rings. The van der Waals surface area contributed by atoms with E-state index in [0.717, 1.165) is 105 Å². The molecule has 6 heterocycles. The van der Waals surface area contributed by atoms with E-state index in [2.05, 4.69) is 61.0 Å². The van der Waals surface area contributed by atoms with Crippen LogP contribution in [-0.4, -0.2) is 98.5 Å². The van der Waals surface area contributed by atoms with E-state index in [-0.39, 0.29) is 9.79 Å². The molecule has 2 aliphatic heterocycles. The molecule has 2 aliphatic carbocycles. The number of nitrogens with zero attached hydrogens (tertiary/aromatic N) is 8. The van der Waals surface area contributed by atoms with Gasteiger partial charge in [0.25, 0.3) is 0 Å². The van der Waals surface area contributed by atoms with Crippen molar-refractivity contribution >= 4 is 76.5 Å². The maximum atomic E-state index is 11.5. The Labute approximate surface area is 366 Å². The second-order valence-corrected chi connectivity index (χ2v) is 21.6. The van der Waals surface area contributed by atoms with Gasteiger partial charge in [0.15, 0.2) is 19.7 Å². The highest BCUT2D eigenvalue weighted by Crippen LogP contribution is 2.50. The molecule has 4 fully saturated rings. The highest BCUT2D eigenvalue weighted by atomic mass is 79.9. The molecule has 14 nitrogen and oxygen atoms in total. The number of aromatic nitrogens is 6. The minimum Gasteiger partial charge on any atom is -0.370 e. The van der Waals surface area contributed by atoms with Crippen LogP contribution in [0, 0.1) is 35.5 Å². The van der Waals surface area contributed by atoms with Crippen LogP contribution in [0.25, 0.3) is 0 Å².